The Morgan fingerprint density at radius 2 is 2.22 bits per heavy atom. The third-order valence-electron chi connectivity index (χ3n) is 4.15. The molecule has 1 aliphatic rings. The summed E-state index contributed by atoms with van der Waals surface area (Å²) in [6, 6.07) is 7.91. The van der Waals surface area contributed by atoms with Crippen molar-refractivity contribution in [2.45, 2.75) is 39.0 Å². The van der Waals surface area contributed by atoms with Crippen LogP contribution in [0.4, 0.5) is 0 Å². The van der Waals surface area contributed by atoms with Crippen LogP contribution in [0.3, 0.4) is 0 Å². The predicted molar refractivity (Wildman–Crippen MR) is 87.5 cm³/mol. The van der Waals surface area contributed by atoms with E-state index in [1.807, 2.05) is 24.3 Å². The molecule has 0 saturated carbocycles. The van der Waals surface area contributed by atoms with E-state index < -0.39 is 11.9 Å². The molecule has 0 aliphatic carbocycles. The molecule has 0 bridgehead atoms. The first-order valence-corrected chi connectivity index (χ1v) is 8.32. The smallest absolute Gasteiger partial charge is 0.308 e. The largest absolute Gasteiger partial charge is 0.494 e. The lowest BCUT2D eigenvalue weighted by atomic mass is 10.1. The molecule has 1 aromatic carbocycles. The van der Waals surface area contributed by atoms with E-state index in [9.17, 15) is 9.59 Å². The fourth-order valence-corrected chi connectivity index (χ4v) is 2.75. The van der Waals surface area contributed by atoms with Crippen molar-refractivity contribution < 1.29 is 19.4 Å². The second kappa shape index (κ2) is 8.56. The Kier molecular flexibility index (Phi) is 6.44. The molecule has 0 radical (unpaired) electrons. The maximum Gasteiger partial charge on any atom is 0.308 e. The summed E-state index contributed by atoms with van der Waals surface area (Å²) in [5.74, 6) is -0.654. The van der Waals surface area contributed by atoms with Crippen LogP contribution in [0.2, 0.25) is 0 Å². The van der Waals surface area contributed by atoms with Crippen molar-refractivity contribution in [1.82, 2.24) is 4.90 Å². The molecule has 1 aromatic rings. The summed E-state index contributed by atoms with van der Waals surface area (Å²) >= 11 is 0. The zero-order valence-corrected chi connectivity index (χ0v) is 13.7. The van der Waals surface area contributed by atoms with E-state index in [0.717, 1.165) is 24.3 Å². The van der Waals surface area contributed by atoms with E-state index >= 15 is 0 Å². The summed E-state index contributed by atoms with van der Waals surface area (Å²) in [6.45, 7) is 3.76. The van der Waals surface area contributed by atoms with Crippen LogP contribution < -0.4 is 4.74 Å². The van der Waals surface area contributed by atoms with Crippen LogP contribution in [0.25, 0.3) is 0 Å². The van der Waals surface area contributed by atoms with Crippen LogP contribution >= 0.6 is 0 Å². The molecule has 1 N–H and O–H groups in total. The third-order valence-corrected chi connectivity index (χ3v) is 4.15. The first-order valence-electron chi connectivity index (χ1n) is 8.32. The molecular weight excluding hydrogens is 294 g/mol. The SMILES string of the molecule is CCCCCOc1cccc(CCN2CC(C(=O)O)CC2=O)c1. The number of likely N-dealkylation sites (tertiary alicyclic amines) is 1. The molecule has 126 valence electrons. The highest BCUT2D eigenvalue weighted by Crippen LogP contribution is 2.19. The van der Waals surface area contributed by atoms with Crippen LogP contribution in [0.5, 0.6) is 5.75 Å². The summed E-state index contributed by atoms with van der Waals surface area (Å²) in [7, 11) is 0. The van der Waals surface area contributed by atoms with E-state index in [1.54, 1.807) is 4.90 Å². The number of carbonyl (C=O) groups excluding carboxylic acids is 1. The minimum atomic E-state index is -0.886. The molecule has 1 fully saturated rings. The van der Waals surface area contributed by atoms with E-state index in [-0.39, 0.29) is 12.3 Å². The van der Waals surface area contributed by atoms with Crippen molar-refractivity contribution >= 4 is 11.9 Å². The lowest BCUT2D eigenvalue weighted by Gasteiger charge is -2.16. The van der Waals surface area contributed by atoms with Gasteiger partial charge in [0, 0.05) is 19.5 Å². The van der Waals surface area contributed by atoms with Crippen molar-refractivity contribution in [2.75, 3.05) is 19.7 Å². The molecule has 1 aliphatic heterocycles. The van der Waals surface area contributed by atoms with Gasteiger partial charge in [-0.3, -0.25) is 9.59 Å². The fourth-order valence-electron chi connectivity index (χ4n) is 2.75. The number of rotatable bonds is 9. The number of carbonyl (C=O) groups is 2. The van der Waals surface area contributed by atoms with Crippen molar-refractivity contribution in [3.05, 3.63) is 29.8 Å². The number of amides is 1. The van der Waals surface area contributed by atoms with Gasteiger partial charge in [0.15, 0.2) is 0 Å². The number of ether oxygens (including phenoxy) is 1. The zero-order valence-electron chi connectivity index (χ0n) is 13.7. The van der Waals surface area contributed by atoms with E-state index in [1.165, 1.54) is 12.8 Å². The van der Waals surface area contributed by atoms with Crippen molar-refractivity contribution in [3.8, 4) is 5.75 Å². The Morgan fingerprint density at radius 3 is 2.91 bits per heavy atom. The molecule has 5 heteroatoms. The summed E-state index contributed by atoms with van der Waals surface area (Å²) in [4.78, 5) is 24.4. The lowest BCUT2D eigenvalue weighted by Crippen LogP contribution is -2.28. The number of hydrogen-bond donors (Lipinski definition) is 1. The molecular formula is C18H25NO4. The number of hydrogen-bond acceptors (Lipinski definition) is 3. The molecule has 2 rings (SSSR count). The Hall–Kier alpha value is -2.04. The lowest BCUT2D eigenvalue weighted by molar-refractivity contribution is -0.141. The summed E-state index contributed by atoms with van der Waals surface area (Å²) < 4.78 is 5.73. The van der Waals surface area contributed by atoms with Crippen LogP contribution in [0.15, 0.2) is 24.3 Å². The summed E-state index contributed by atoms with van der Waals surface area (Å²) in [5, 5.41) is 9.00. The number of benzene rings is 1. The van der Waals surface area contributed by atoms with Crippen LogP contribution in [0, 0.1) is 5.92 Å². The van der Waals surface area contributed by atoms with Crippen LogP contribution in [0.1, 0.15) is 38.2 Å². The number of aliphatic carboxylic acids is 1. The third kappa shape index (κ3) is 5.27. The average molecular weight is 319 g/mol. The van der Waals surface area contributed by atoms with E-state index in [2.05, 4.69) is 6.92 Å². The highest BCUT2D eigenvalue weighted by atomic mass is 16.5. The highest BCUT2D eigenvalue weighted by Gasteiger charge is 2.33. The second-order valence-corrected chi connectivity index (χ2v) is 6.03. The van der Waals surface area contributed by atoms with Crippen LogP contribution in [-0.2, 0) is 16.0 Å². The van der Waals surface area contributed by atoms with Crippen molar-refractivity contribution in [3.63, 3.8) is 0 Å². The maximum absolute atomic E-state index is 11.8. The van der Waals surface area contributed by atoms with Gasteiger partial charge in [0.1, 0.15) is 5.75 Å². The van der Waals surface area contributed by atoms with Crippen molar-refractivity contribution in [1.29, 1.82) is 0 Å². The van der Waals surface area contributed by atoms with E-state index in [4.69, 9.17) is 9.84 Å². The summed E-state index contributed by atoms with van der Waals surface area (Å²) in [6.07, 6.45) is 4.23. The molecule has 1 heterocycles. The van der Waals surface area contributed by atoms with Gasteiger partial charge in [0.2, 0.25) is 5.91 Å². The minimum absolute atomic E-state index is 0.0654. The van der Waals surface area contributed by atoms with Gasteiger partial charge < -0.3 is 14.7 Å². The van der Waals surface area contributed by atoms with Gasteiger partial charge in [0.25, 0.3) is 0 Å². The highest BCUT2D eigenvalue weighted by molar-refractivity contribution is 5.86. The van der Waals surface area contributed by atoms with Gasteiger partial charge in [-0.15, -0.1) is 0 Å². The Morgan fingerprint density at radius 1 is 1.39 bits per heavy atom. The van der Waals surface area contributed by atoms with Crippen LogP contribution in [-0.4, -0.2) is 41.6 Å². The van der Waals surface area contributed by atoms with E-state index in [0.29, 0.717) is 19.5 Å². The van der Waals surface area contributed by atoms with Gasteiger partial charge in [-0.1, -0.05) is 31.9 Å². The van der Waals surface area contributed by atoms with Gasteiger partial charge in [-0.05, 0) is 30.5 Å². The maximum atomic E-state index is 11.8. The molecule has 0 spiro atoms. The first kappa shape index (κ1) is 17.3. The minimum Gasteiger partial charge on any atom is -0.494 e. The first-order chi connectivity index (χ1) is 11.1. The van der Waals surface area contributed by atoms with Gasteiger partial charge >= 0.3 is 5.97 Å². The Bertz CT molecular complexity index is 544. The predicted octanol–water partition coefficient (Wildman–Crippen LogP) is 2.73. The number of carboxylic acids is 1. The molecule has 23 heavy (non-hydrogen) atoms. The monoisotopic (exact) mass is 319 g/mol. The molecule has 1 saturated heterocycles. The number of unbranched alkanes of at least 4 members (excludes halogenated alkanes) is 2. The quantitative estimate of drug-likeness (QED) is 0.711. The van der Waals surface area contributed by atoms with Crippen molar-refractivity contribution in [2.24, 2.45) is 5.92 Å². The van der Waals surface area contributed by atoms with Gasteiger partial charge in [0.05, 0.1) is 12.5 Å². The fraction of sp³-hybridized carbons (Fsp3) is 0.556. The Balaban J connectivity index is 1.81. The molecule has 1 amide bonds. The second-order valence-electron chi connectivity index (χ2n) is 6.03. The molecule has 1 unspecified atom stereocenters. The molecule has 5 nitrogen and oxygen atoms in total. The van der Waals surface area contributed by atoms with Gasteiger partial charge in [-0.2, -0.15) is 0 Å². The molecule has 1 atom stereocenters. The zero-order chi connectivity index (χ0) is 16.7. The van der Waals surface area contributed by atoms with Gasteiger partial charge in [-0.25, -0.2) is 0 Å². The Labute approximate surface area is 137 Å². The number of carboxylic acid groups (broad SMARTS) is 1. The normalized spacial score (nSPS) is 17.5. The molecule has 0 aromatic heterocycles. The standard InChI is InChI=1S/C18H25NO4/c1-2-3-4-10-23-16-7-5-6-14(11-16)8-9-19-13-15(18(21)22)12-17(19)20/h5-7,11,15H,2-4,8-10,12-13H2,1H3,(H,21,22). The summed E-state index contributed by atoms with van der Waals surface area (Å²) in [5.41, 5.74) is 1.10. The topological polar surface area (TPSA) is 66.8 Å². The average Bonchev–Trinajstić information content (AvgIpc) is 2.91. The number of nitrogens with zero attached hydrogens (tertiary/aromatic N) is 1.